The number of amides is 1. The summed E-state index contributed by atoms with van der Waals surface area (Å²) in [6.07, 6.45) is 1.07. The van der Waals surface area contributed by atoms with Gasteiger partial charge in [-0.1, -0.05) is 24.3 Å². The Hall–Kier alpha value is -2.66. The van der Waals surface area contributed by atoms with Crippen molar-refractivity contribution in [3.05, 3.63) is 59.2 Å². The van der Waals surface area contributed by atoms with Gasteiger partial charge in [-0.3, -0.25) is 9.59 Å². The largest absolute Gasteiger partial charge is 0.497 e. The van der Waals surface area contributed by atoms with Crippen LogP contribution in [0.5, 0.6) is 5.75 Å². The summed E-state index contributed by atoms with van der Waals surface area (Å²) in [5.41, 5.74) is 0.802. The second-order valence-corrected chi connectivity index (χ2v) is 6.63. The average molecular weight is 337 g/mol. The number of hydrogen-bond donors (Lipinski definition) is 1. The summed E-state index contributed by atoms with van der Waals surface area (Å²) in [4.78, 5) is 27.5. The Labute approximate surface area is 145 Å². The first-order valence-electron chi connectivity index (χ1n) is 8.29. The van der Waals surface area contributed by atoms with Gasteiger partial charge in [-0.15, -0.1) is 0 Å². The van der Waals surface area contributed by atoms with Crippen molar-refractivity contribution in [1.29, 1.82) is 0 Å². The number of methoxy groups -OCH3 is 1. The van der Waals surface area contributed by atoms with E-state index in [1.807, 2.05) is 18.2 Å². The first-order chi connectivity index (χ1) is 12.0. The number of nitrogens with zero attached hydrogens (tertiary/aromatic N) is 1. The summed E-state index contributed by atoms with van der Waals surface area (Å²) in [5, 5.41) is 11.4. The Morgan fingerprint density at radius 2 is 1.96 bits per heavy atom. The summed E-state index contributed by atoms with van der Waals surface area (Å²) >= 11 is 0. The lowest BCUT2D eigenvalue weighted by Crippen LogP contribution is -2.49. The predicted octanol–water partition coefficient (Wildman–Crippen LogP) is 2.30. The van der Waals surface area contributed by atoms with E-state index in [2.05, 4.69) is 0 Å². The molecule has 1 aliphatic heterocycles. The van der Waals surface area contributed by atoms with E-state index < -0.39 is 17.4 Å². The lowest BCUT2D eigenvalue weighted by Gasteiger charge is -2.34. The Bertz CT molecular complexity index is 891. The molecule has 2 aromatic rings. The smallest absolute Gasteiger partial charge is 0.264 e. The fourth-order valence-electron chi connectivity index (χ4n) is 4.05. The number of aryl methyl sites for hydroxylation is 1. The molecule has 1 N–H and O–H groups in total. The molecule has 2 atom stereocenters. The Kier molecular flexibility index (Phi) is 3.44. The zero-order chi connectivity index (χ0) is 17.8. The zero-order valence-corrected chi connectivity index (χ0v) is 14.2. The van der Waals surface area contributed by atoms with Gasteiger partial charge in [-0.25, -0.2) is 0 Å². The molecule has 2 aliphatic rings. The second-order valence-electron chi connectivity index (χ2n) is 6.63. The molecular formula is C20H19NO4. The molecule has 25 heavy (non-hydrogen) atoms. The van der Waals surface area contributed by atoms with Crippen molar-refractivity contribution < 1.29 is 19.4 Å². The van der Waals surface area contributed by atoms with Crippen LogP contribution in [0.15, 0.2) is 42.5 Å². The summed E-state index contributed by atoms with van der Waals surface area (Å²) in [7, 11) is 3.18. The van der Waals surface area contributed by atoms with E-state index >= 15 is 0 Å². The number of carbonyl (C=O) groups excluding carboxylic acids is 2. The summed E-state index contributed by atoms with van der Waals surface area (Å²) in [6.45, 7) is 0. The third kappa shape index (κ3) is 2.05. The number of ether oxygens (including phenoxy) is 1. The van der Waals surface area contributed by atoms with Gasteiger partial charge in [-0.2, -0.15) is 0 Å². The van der Waals surface area contributed by atoms with Crippen LogP contribution in [0, 0.1) is 5.92 Å². The van der Waals surface area contributed by atoms with Gasteiger partial charge in [0.2, 0.25) is 0 Å². The molecule has 5 nitrogen and oxygen atoms in total. The highest BCUT2D eigenvalue weighted by Crippen LogP contribution is 2.47. The Balaban J connectivity index is 1.82. The molecule has 1 amide bonds. The predicted molar refractivity (Wildman–Crippen MR) is 92.9 cm³/mol. The van der Waals surface area contributed by atoms with Crippen molar-refractivity contribution >= 4 is 17.4 Å². The minimum atomic E-state index is -1.82. The van der Waals surface area contributed by atoms with Gasteiger partial charge in [0.05, 0.1) is 18.7 Å². The quantitative estimate of drug-likeness (QED) is 0.913. The van der Waals surface area contributed by atoms with Crippen LogP contribution >= 0.6 is 0 Å². The number of rotatable bonds is 2. The summed E-state index contributed by atoms with van der Waals surface area (Å²) in [6, 6.07) is 12.5. The summed E-state index contributed by atoms with van der Waals surface area (Å²) in [5.74, 6) is -0.861. The number of anilines is 1. The van der Waals surface area contributed by atoms with Crippen LogP contribution in [0.2, 0.25) is 0 Å². The third-order valence-corrected chi connectivity index (χ3v) is 5.41. The van der Waals surface area contributed by atoms with Gasteiger partial charge in [0.25, 0.3) is 5.91 Å². The van der Waals surface area contributed by atoms with Crippen LogP contribution in [0.25, 0.3) is 0 Å². The topological polar surface area (TPSA) is 66.8 Å². The minimum absolute atomic E-state index is 0.207. The monoisotopic (exact) mass is 337 g/mol. The normalized spacial score (nSPS) is 24.9. The molecule has 1 heterocycles. The zero-order valence-electron chi connectivity index (χ0n) is 14.2. The standard InChI is InChI=1S/C20H19NO4/c1-21-17-6-4-3-5-15(17)20(24,19(21)23)16-10-8-12-7-9-13(25-2)11-14(12)18(16)22/h3-7,9,11,16,24H,8,10H2,1-2H3. The fraction of sp³-hybridized carbons (Fsp3) is 0.300. The summed E-state index contributed by atoms with van der Waals surface area (Å²) < 4.78 is 5.22. The highest BCUT2D eigenvalue weighted by Gasteiger charge is 2.56. The highest BCUT2D eigenvalue weighted by molar-refractivity contribution is 6.12. The van der Waals surface area contributed by atoms with Gasteiger partial charge in [0, 0.05) is 18.2 Å². The number of likely N-dealkylation sites (N-methyl/N-ethyl adjacent to an activating group) is 1. The number of benzene rings is 2. The molecule has 0 bridgehead atoms. The molecule has 5 heteroatoms. The van der Waals surface area contributed by atoms with Crippen LogP contribution in [-0.4, -0.2) is 31.0 Å². The minimum Gasteiger partial charge on any atom is -0.497 e. The van der Waals surface area contributed by atoms with E-state index in [0.29, 0.717) is 35.4 Å². The molecular weight excluding hydrogens is 318 g/mol. The van der Waals surface area contributed by atoms with E-state index in [0.717, 1.165) is 5.56 Å². The van der Waals surface area contributed by atoms with Crippen molar-refractivity contribution in [2.24, 2.45) is 5.92 Å². The van der Waals surface area contributed by atoms with E-state index in [4.69, 9.17) is 4.74 Å². The van der Waals surface area contributed by atoms with Crippen molar-refractivity contribution in [2.75, 3.05) is 19.1 Å². The van der Waals surface area contributed by atoms with Crippen molar-refractivity contribution in [3.63, 3.8) is 0 Å². The van der Waals surface area contributed by atoms with Gasteiger partial charge in [0.15, 0.2) is 11.4 Å². The first-order valence-corrected chi connectivity index (χ1v) is 8.29. The molecule has 0 saturated carbocycles. The first kappa shape index (κ1) is 15.8. The number of hydrogen-bond acceptors (Lipinski definition) is 4. The Morgan fingerprint density at radius 3 is 2.72 bits per heavy atom. The van der Waals surface area contributed by atoms with E-state index in [-0.39, 0.29) is 5.78 Å². The lowest BCUT2D eigenvalue weighted by atomic mass is 9.71. The number of para-hydroxylation sites is 1. The van der Waals surface area contributed by atoms with Crippen LogP contribution in [-0.2, 0) is 16.8 Å². The average Bonchev–Trinajstić information content (AvgIpc) is 2.84. The van der Waals surface area contributed by atoms with Gasteiger partial charge < -0.3 is 14.7 Å². The van der Waals surface area contributed by atoms with Crippen molar-refractivity contribution in [2.45, 2.75) is 18.4 Å². The molecule has 128 valence electrons. The number of ketones is 1. The maximum absolute atomic E-state index is 13.2. The molecule has 0 aromatic heterocycles. The molecule has 0 spiro atoms. The maximum atomic E-state index is 13.2. The van der Waals surface area contributed by atoms with Crippen LogP contribution in [0.4, 0.5) is 5.69 Å². The van der Waals surface area contributed by atoms with Crippen LogP contribution in [0.1, 0.15) is 27.9 Å². The maximum Gasteiger partial charge on any atom is 0.264 e. The number of carbonyl (C=O) groups is 2. The molecule has 4 rings (SSSR count). The van der Waals surface area contributed by atoms with Crippen LogP contribution < -0.4 is 9.64 Å². The number of fused-ring (bicyclic) bond motifs is 2. The van der Waals surface area contributed by atoms with Gasteiger partial charge >= 0.3 is 0 Å². The van der Waals surface area contributed by atoms with E-state index in [1.54, 1.807) is 38.4 Å². The molecule has 0 radical (unpaired) electrons. The van der Waals surface area contributed by atoms with E-state index in [9.17, 15) is 14.7 Å². The molecule has 2 unspecified atom stereocenters. The Morgan fingerprint density at radius 1 is 1.20 bits per heavy atom. The van der Waals surface area contributed by atoms with Gasteiger partial charge in [0.1, 0.15) is 5.75 Å². The SMILES string of the molecule is COc1ccc2c(c1)C(=O)C(C1(O)C(=O)N(C)c3ccccc31)CC2. The molecule has 1 aliphatic carbocycles. The highest BCUT2D eigenvalue weighted by atomic mass is 16.5. The fourth-order valence-corrected chi connectivity index (χ4v) is 4.05. The van der Waals surface area contributed by atoms with Crippen molar-refractivity contribution in [3.8, 4) is 5.75 Å². The molecule has 0 saturated heterocycles. The van der Waals surface area contributed by atoms with Crippen molar-refractivity contribution in [1.82, 2.24) is 0 Å². The number of Topliss-reactive ketones (excluding diaryl/α,β-unsaturated/α-hetero) is 1. The third-order valence-electron chi connectivity index (χ3n) is 5.41. The molecule has 2 aromatic carbocycles. The van der Waals surface area contributed by atoms with Gasteiger partial charge in [-0.05, 0) is 36.6 Å². The van der Waals surface area contributed by atoms with Crippen LogP contribution in [0.3, 0.4) is 0 Å². The van der Waals surface area contributed by atoms with E-state index in [1.165, 1.54) is 4.90 Å². The molecule has 0 fully saturated rings. The second kappa shape index (κ2) is 5.43. The lowest BCUT2D eigenvalue weighted by molar-refractivity contribution is -0.140. The number of aliphatic hydroxyl groups is 1.